The van der Waals surface area contributed by atoms with Crippen LogP contribution in [0.5, 0.6) is 5.75 Å². The molecule has 2 aromatic rings. The Labute approximate surface area is 176 Å². The van der Waals surface area contributed by atoms with E-state index in [-0.39, 0.29) is 23.1 Å². The molecule has 2 heterocycles. The second kappa shape index (κ2) is 7.45. The standard InChI is InChI=1S/C24H27NO3S/c1-15-5-10-20(21(26)11-15)25-12-18-19(23(25)27)14-29-22(18)13-28-17-8-6-16(7-9-17)24(2,3)4/h6-9,14,20H,1,5,10-13H2,2-4H3/t20-/m0/s1. The zero-order valence-electron chi connectivity index (χ0n) is 17.3. The summed E-state index contributed by atoms with van der Waals surface area (Å²) in [6.07, 6.45) is 1.89. The summed E-state index contributed by atoms with van der Waals surface area (Å²) in [7, 11) is 0. The number of hydrogen-bond donors (Lipinski definition) is 0. The summed E-state index contributed by atoms with van der Waals surface area (Å²) in [6.45, 7) is 11.4. The molecule has 0 spiro atoms. The van der Waals surface area contributed by atoms with E-state index in [9.17, 15) is 9.59 Å². The molecule has 1 amide bonds. The lowest BCUT2D eigenvalue weighted by atomic mass is 9.87. The van der Waals surface area contributed by atoms with Crippen LogP contribution in [-0.4, -0.2) is 22.6 Å². The highest BCUT2D eigenvalue weighted by Gasteiger charge is 2.39. The zero-order chi connectivity index (χ0) is 20.8. The number of carbonyl (C=O) groups excluding carboxylic acids is 2. The fourth-order valence-corrected chi connectivity index (χ4v) is 4.98. The zero-order valence-corrected chi connectivity index (χ0v) is 18.1. The van der Waals surface area contributed by atoms with Crippen molar-refractivity contribution >= 4 is 23.0 Å². The quantitative estimate of drug-likeness (QED) is 0.647. The van der Waals surface area contributed by atoms with Crippen LogP contribution in [0.25, 0.3) is 0 Å². The van der Waals surface area contributed by atoms with E-state index in [1.807, 2.05) is 17.5 Å². The van der Waals surface area contributed by atoms with Crippen molar-refractivity contribution in [3.8, 4) is 5.75 Å². The molecule has 1 aliphatic heterocycles. The van der Waals surface area contributed by atoms with E-state index in [0.717, 1.165) is 33.7 Å². The molecule has 1 atom stereocenters. The van der Waals surface area contributed by atoms with Gasteiger partial charge in [-0.1, -0.05) is 45.1 Å². The van der Waals surface area contributed by atoms with Crippen molar-refractivity contribution in [1.29, 1.82) is 0 Å². The summed E-state index contributed by atoms with van der Waals surface area (Å²) in [6, 6.07) is 7.88. The highest BCUT2D eigenvalue weighted by atomic mass is 32.1. The molecule has 4 rings (SSSR count). The minimum absolute atomic E-state index is 0.0251. The van der Waals surface area contributed by atoms with Gasteiger partial charge in [0.1, 0.15) is 12.4 Å². The van der Waals surface area contributed by atoms with Crippen molar-refractivity contribution in [3.05, 3.63) is 63.4 Å². The van der Waals surface area contributed by atoms with Crippen LogP contribution in [0.1, 0.15) is 66.4 Å². The molecule has 1 aliphatic carbocycles. The van der Waals surface area contributed by atoms with E-state index < -0.39 is 0 Å². The van der Waals surface area contributed by atoms with Crippen molar-refractivity contribution in [1.82, 2.24) is 4.90 Å². The van der Waals surface area contributed by atoms with Gasteiger partial charge in [0.05, 0.1) is 11.6 Å². The van der Waals surface area contributed by atoms with Crippen LogP contribution in [0.2, 0.25) is 0 Å². The van der Waals surface area contributed by atoms with E-state index >= 15 is 0 Å². The van der Waals surface area contributed by atoms with Gasteiger partial charge in [-0.25, -0.2) is 0 Å². The number of ketones is 1. The first kappa shape index (κ1) is 19.9. The molecular formula is C24H27NO3S. The van der Waals surface area contributed by atoms with E-state index in [1.165, 1.54) is 5.56 Å². The maximum Gasteiger partial charge on any atom is 0.255 e. The Balaban J connectivity index is 1.44. The van der Waals surface area contributed by atoms with Gasteiger partial charge in [-0.3, -0.25) is 9.59 Å². The molecule has 0 unspecified atom stereocenters. The minimum atomic E-state index is -0.316. The number of Topliss-reactive ketones (excluding diaryl/α,β-unsaturated/α-hetero) is 1. The summed E-state index contributed by atoms with van der Waals surface area (Å²) >= 11 is 1.56. The summed E-state index contributed by atoms with van der Waals surface area (Å²) < 4.78 is 6.00. The lowest BCUT2D eigenvalue weighted by Crippen LogP contribution is -2.43. The van der Waals surface area contributed by atoms with Gasteiger partial charge in [0.2, 0.25) is 0 Å². The van der Waals surface area contributed by atoms with Gasteiger partial charge in [0.15, 0.2) is 5.78 Å². The number of thiophene rings is 1. The summed E-state index contributed by atoms with van der Waals surface area (Å²) in [4.78, 5) is 28.1. The van der Waals surface area contributed by atoms with Crippen LogP contribution >= 0.6 is 11.3 Å². The summed E-state index contributed by atoms with van der Waals surface area (Å²) in [5, 5.41) is 1.91. The van der Waals surface area contributed by atoms with Crippen molar-refractivity contribution in [2.24, 2.45) is 0 Å². The van der Waals surface area contributed by atoms with Gasteiger partial charge in [0, 0.05) is 28.8 Å². The third kappa shape index (κ3) is 3.88. The van der Waals surface area contributed by atoms with Crippen LogP contribution in [0.15, 0.2) is 41.8 Å². The highest BCUT2D eigenvalue weighted by molar-refractivity contribution is 7.10. The van der Waals surface area contributed by atoms with Gasteiger partial charge in [-0.15, -0.1) is 11.3 Å². The van der Waals surface area contributed by atoms with Crippen molar-refractivity contribution < 1.29 is 14.3 Å². The van der Waals surface area contributed by atoms with Gasteiger partial charge in [-0.2, -0.15) is 0 Å². The number of carbonyl (C=O) groups is 2. The SMILES string of the molecule is C=C1CC[C@H](N2Cc3c(csc3COc3ccc(C(C)(C)C)cc3)C2=O)C(=O)C1. The first-order valence-corrected chi connectivity index (χ1v) is 10.9. The number of allylic oxidation sites excluding steroid dienone is 1. The predicted molar refractivity (Wildman–Crippen MR) is 115 cm³/mol. The fourth-order valence-electron chi connectivity index (χ4n) is 4.03. The van der Waals surface area contributed by atoms with Crippen LogP contribution in [0, 0.1) is 0 Å². The van der Waals surface area contributed by atoms with Crippen LogP contribution < -0.4 is 4.74 Å². The maximum atomic E-state index is 12.9. The second-order valence-electron chi connectivity index (χ2n) is 8.99. The third-order valence-electron chi connectivity index (χ3n) is 5.83. The van der Waals surface area contributed by atoms with Gasteiger partial charge < -0.3 is 9.64 Å². The number of benzene rings is 1. The molecule has 152 valence electrons. The number of ether oxygens (including phenoxy) is 1. The molecule has 5 heteroatoms. The lowest BCUT2D eigenvalue weighted by Gasteiger charge is -2.30. The molecule has 0 N–H and O–H groups in total. The van der Waals surface area contributed by atoms with Crippen molar-refractivity contribution in [2.45, 2.75) is 64.6 Å². The van der Waals surface area contributed by atoms with Crippen LogP contribution in [0.4, 0.5) is 0 Å². The first-order valence-electron chi connectivity index (χ1n) is 10.1. The van der Waals surface area contributed by atoms with Gasteiger partial charge in [0.25, 0.3) is 5.91 Å². The normalized spacial score (nSPS) is 19.6. The molecule has 0 saturated heterocycles. The highest BCUT2D eigenvalue weighted by Crippen LogP contribution is 2.36. The van der Waals surface area contributed by atoms with Gasteiger partial charge >= 0.3 is 0 Å². The first-order chi connectivity index (χ1) is 13.7. The lowest BCUT2D eigenvalue weighted by molar-refractivity contribution is -0.124. The number of hydrogen-bond acceptors (Lipinski definition) is 4. The monoisotopic (exact) mass is 409 g/mol. The molecule has 1 aromatic heterocycles. The molecule has 1 saturated carbocycles. The number of amides is 1. The number of rotatable bonds is 4. The molecule has 4 nitrogen and oxygen atoms in total. The minimum Gasteiger partial charge on any atom is -0.488 e. The average Bonchev–Trinajstić information content (AvgIpc) is 3.20. The molecule has 29 heavy (non-hydrogen) atoms. The third-order valence-corrected chi connectivity index (χ3v) is 6.84. The topological polar surface area (TPSA) is 46.6 Å². The van der Waals surface area contributed by atoms with Crippen LogP contribution in [-0.2, 0) is 23.4 Å². The van der Waals surface area contributed by atoms with E-state index in [2.05, 4.69) is 39.5 Å². The van der Waals surface area contributed by atoms with Crippen molar-refractivity contribution in [3.63, 3.8) is 0 Å². The average molecular weight is 410 g/mol. The van der Waals surface area contributed by atoms with Gasteiger partial charge in [-0.05, 0) is 36.0 Å². The predicted octanol–water partition coefficient (Wildman–Crippen LogP) is 5.26. The number of fused-ring (bicyclic) bond motifs is 1. The fraction of sp³-hybridized carbons (Fsp3) is 0.417. The Hall–Kier alpha value is -2.40. The maximum absolute atomic E-state index is 12.9. The Morgan fingerprint density at radius 2 is 1.93 bits per heavy atom. The Kier molecular flexibility index (Phi) is 5.11. The molecule has 1 aromatic carbocycles. The smallest absolute Gasteiger partial charge is 0.255 e. The van der Waals surface area contributed by atoms with Crippen molar-refractivity contribution in [2.75, 3.05) is 0 Å². The number of nitrogens with zero attached hydrogens (tertiary/aromatic N) is 1. The molecule has 0 radical (unpaired) electrons. The Morgan fingerprint density at radius 1 is 1.21 bits per heavy atom. The largest absolute Gasteiger partial charge is 0.488 e. The Morgan fingerprint density at radius 3 is 2.59 bits per heavy atom. The van der Waals surface area contributed by atoms with E-state index in [4.69, 9.17) is 4.74 Å². The molecule has 1 fully saturated rings. The second-order valence-corrected chi connectivity index (χ2v) is 9.96. The van der Waals surface area contributed by atoms with E-state index in [0.29, 0.717) is 26.0 Å². The Bertz CT molecular complexity index is 965. The molecular weight excluding hydrogens is 382 g/mol. The van der Waals surface area contributed by atoms with E-state index in [1.54, 1.807) is 16.2 Å². The molecule has 2 aliphatic rings. The van der Waals surface area contributed by atoms with Crippen LogP contribution in [0.3, 0.4) is 0 Å². The summed E-state index contributed by atoms with van der Waals surface area (Å²) in [5.74, 6) is 0.908. The molecule has 0 bridgehead atoms. The summed E-state index contributed by atoms with van der Waals surface area (Å²) in [5.41, 5.74) is 4.10.